The van der Waals surface area contributed by atoms with Crippen molar-refractivity contribution in [3.05, 3.63) is 71.3 Å². The molecule has 3 rings (SSSR count). The van der Waals surface area contributed by atoms with Gasteiger partial charge < -0.3 is 10.6 Å². The summed E-state index contributed by atoms with van der Waals surface area (Å²) in [6.45, 7) is 3.46. The number of aryl methyl sites for hydroxylation is 1. The van der Waals surface area contributed by atoms with E-state index in [1.54, 1.807) is 0 Å². The lowest BCUT2D eigenvalue weighted by molar-refractivity contribution is 0.0689. The number of hydrogen-bond donors (Lipinski definition) is 1. The maximum atomic E-state index is 12.6. The summed E-state index contributed by atoms with van der Waals surface area (Å²) in [5.41, 5.74) is 9.46. The Kier molecular flexibility index (Phi) is 4.25. The summed E-state index contributed by atoms with van der Waals surface area (Å²) in [4.78, 5) is 14.5. The standard InChI is InChI=1S/C19H22N2O/c1-14-7-9-15(10-8-14)17-11-18(20)13-21(12-17)19(22)16-5-3-2-4-6-16/h2-10,17-18H,11-13,20H2,1H3. The molecule has 114 valence electrons. The zero-order valence-corrected chi connectivity index (χ0v) is 12.9. The molecule has 22 heavy (non-hydrogen) atoms. The van der Waals surface area contributed by atoms with E-state index in [4.69, 9.17) is 5.73 Å². The van der Waals surface area contributed by atoms with E-state index in [0.717, 1.165) is 18.5 Å². The number of rotatable bonds is 2. The molecule has 2 atom stereocenters. The van der Waals surface area contributed by atoms with Gasteiger partial charge in [-0.1, -0.05) is 48.0 Å². The van der Waals surface area contributed by atoms with Crippen LogP contribution in [0.15, 0.2) is 54.6 Å². The number of nitrogens with two attached hydrogens (primary N) is 1. The lowest BCUT2D eigenvalue weighted by Crippen LogP contribution is -2.48. The Labute approximate surface area is 131 Å². The van der Waals surface area contributed by atoms with E-state index in [1.807, 2.05) is 35.2 Å². The van der Waals surface area contributed by atoms with Gasteiger partial charge in [0.1, 0.15) is 0 Å². The minimum atomic E-state index is 0.0349. The quantitative estimate of drug-likeness (QED) is 0.925. The van der Waals surface area contributed by atoms with E-state index in [1.165, 1.54) is 11.1 Å². The molecule has 1 aliphatic rings. The van der Waals surface area contributed by atoms with Crippen molar-refractivity contribution < 1.29 is 4.79 Å². The van der Waals surface area contributed by atoms with Crippen LogP contribution in [0, 0.1) is 6.92 Å². The van der Waals surface area contributed by atoms with Gasteiger partial charge in [-0.2, -0.15) is 0 Å². The Morgan fingerprint density at radius 1 is 1.05 bits per heavy atom. The average Bonchev–Trinajstić information content (AvgIpc) is 2.55. The van der Waals surface area contributed by atoms with E-state index in [2.05, 4.69) is 31.2 Å². The Morgan fingerprint density at radius 3 is 2.41 bits per heavy atom. The second kappa shape index (κ2) is 6.32. The maximum absolute atomic E-state index is 12.6. The highest BCUT2D eigenvalue weighted by Gasteiger charge is 2.29. The summed E-state index contributed by atoms with van der Waals surface area (Å²) < 4.78 is 0. The van der Waals surface area contributed by atoms with E-state index in [0.29, 0.717) is 12.5 Å². The van der Waals surface area contributed by atoms with Crippen LogP contribution >= 0.6 is 0 Å². The van der Waals surface area contributed by atoms with Crippen molar-refractivity contribution >= 4 is 5.91 Å². The predicted molar refractivity (Wildman–Crippen MR) is 88.9 cm³/mol. The van der Waals surface area contributed by atoms with E-state index in [-0.39, 0.29) is 11.9 Å². The fraction of sp³-hybridized carbons (Fsp3) is 0.316. The monoisotopic (exact) mass is 294 g/mol. The highest BCUT2D eigenvalue weighted by Crippen LogP contribution is 2.27. The third-order valence-corrected chi connectivity index (χ3v) is 4.34. The zero-order valence-electron chi connectivity index (χ0n) is 12.9. The molecule has 1 saturated heterocycles. The number of carbonyl (C=O) groups excluding carboxylic acids is 1. The molecule has 0 saturated carbocycles. The number of hydrogen-bond acceptors (Lipinski definition) is 2. The van der Waals surface area contributed by atoms with Crippen molar-refractivity contribution in [1.82, 2.24) is 4.90 Å². The highest BCUT2D eigenvalue weighted by atomic mass is 16.2. The molecule has 3 heteroatoms. The molecule has 2 N–H and O–H groups in total. The fourth-order valence-corrected chi connectivity index (χ4v) is 3.15. The van der Waals surface area contributed by atoms with Crippen molar-refractivity contribution in [3.8, 4) is 0 Å². The third kappa shape index (κ3) is 3.20. The number of amides is 1. The van der Waals surface area contributed by atoms with Gasteiger partial charge in [-0.05, 0) is 31.0 Å². The number of carbonyl (C=O) groups is 1. The SMILES string of the molecule is Cc1ccc(C2CC(N)CN(C(=O)c3ccccc3)C2)cc1. The van der Waals surface area contributed by atoms with Crippen LogP contribution in [0.5, 0.6) is 0 Å². The first-order valence-electron chi connectivity index (χ1n) is 7.80. The molecule has 1 heterocycles. The topological polar surface area (TPSA) is 46.3 Å². The number of likely N-dealkylation sites (tertiary alicyclic amines) is 1. The van der Waals surface area contributed by atoms with Crippen molar-refractivity contribution in [2.45, 2.75) is 25.3 Å². The van der Waals surface area contributed by atoms with Crippen LogP contribution in [-0.4, -0.2) is 29.9 Å². The maximum Gasteiger partial charge on any atom is 0.253 e. The lowest BCUT2D eigenvalue weighted by Gasteiger charge is -2.36. The summed E-state index contributed by atoms with van der Waals surface area (Å²) in [5.74, 6) is 0.393. The van der Waals surface area contributed by atoms with Gasteiger partial charge in [-0.25, -0.2) is 0 Å². The van der Waals surface area contributed by atoms with Crippen molar-refractivity contribution in [2.24, 2.45) is 5.73 Å². The van der Waals surface area contributed by atoms with Gasteiger partial charge >= 0.3 is 0 Å². The van der Waals surface area contributed by atoms with Crippen LogP contribution in [0.25, 0.3) is 0 Å². The molecule has 2 unspecified atom stereocenters. The fourth-order valence-electron chi connectivity index (χ4n) is 3.15. The van der Waals surface area contributed by atoms with Gasteiger partial charge in [0, 0.05) is 30.6 Å². The first-order chi connectivity index (χ1) is 10.6. The van der Waals surface area contributed by atoms with E-state index < -0.39 is 0 Å². The van der Waals surface area contributed by atoms with Crippen LogP contribution in [0.3, 0.4) is 0 Å². The molecular formula is C19H22N2O. The number of nitrogens with zero attached hydrogens (tertiary/aromatic N) is 1. The van der Waals surface area contributed by atoms with Gasteiger partial charge in [0.2, 0.25) is 0 Å². The predicted octanol–water partition coefficient (Wildman–Crippen LogP) is 2.95. The molecule has 3 nitrogen and oxygen atoms in total. The van der Waals surface area contributed by atoms with E-state index in [9.17, 15) is 4.79 Å². The number of piperidine rings is 1. The van der Waals surface area contributed by atoms with Crippen molar-refractivity contribution in [2.75, 3.05) is 13.1 Å². The van der Waals surface area contributed by atoms with Gasteiger partial charge in [0.15, 0.2) is 0 Å². The van der Waals surface area contributed by atoms with Crippen LogP contribution < -0.4 is 5.73 Å². The molecule has 0 aromatic heterocycles. The van der Waals surface area contributed by atoms with Crippen LogP contribution in [0.4, 0.5) is 0 Å². The van der Waals surface area contributed by atoms with Gasteiger partial charge in [-0.15, -0.1) is 0 Å². The third-order valence-electron chi connectivity index (χ3n) is 4.34. The van der Waals surface area contributed by atoms with E-state index >= 15 is 0 Å². The van der Waals surface area contributed by atoms with Crippen LogP contribution in [0.2, 0.25) is 0 Å². The molecule has 2 aromatic carbocycles. The zero-order chi connectivity index (χ0) is 15.5. The molecule has 1 aliphatic heterocycles. The summed E-state index contributed by atoms with van der Waals surface area (Å²) in [6, 6.07) is 18.0. The Hall–Kier alpha value is -2.13. The summed E-state index contributed by atoms with van der Waals surface area (Å²) in [5, 5.41) is 0. The molecular weight excluding hydrogens is 272 g/mol. The lowest BCUT2D eigenvalue weighted by atomic mass is 9.87. The minimum Gasteiger partial charge on any atom is -0.336 e. The molecule has 1 amide bonds. The minimum absolute atomic E-state index is 0.0349. The summed E-state index contributed by atoms with van der Waals surface area (Å²) in [7, 11) is 0. The van der Waals surface area contributed by atoms with Crippen molar-refractivity contribution in [1.29, 1.82) is 0 Å². The second-order valence-corrected chi connectivity index (χ2v) is 6.18. The molecule has 0 radical (unpaired) electrons. The molecule has 0 bridgehead atoms. The van der Waals surface area contributed by atoms with Crippen LogP contribution in [0.1, 0.15) is 33.8 Å². The summed E-state index contributed by atoms with van der Waals surface area (Å²) in [6.07, 6.45) is 0.932. The van der Waals surface area contributed by atoms with Crippen molar-refractivity contribution in [3.63, 3.8) is 0 Å². The first kappa shape index (κ1) is 14.8. The number of benzene rings is 2. The molecule has 2 aromatic rings. The Bertz CT molecular complexity index is 636. The van der Waals surface area contributed by atoms with Gasteiger partial charge in [0.05, 0.1) is 0 Å². The molecule has 0 aliphatic carbocycles. The smallest absolute Gasteiger partial charge is 0.253 e. The molecule has 0 spiro atoms. The first-order valence-corrected chi connectivity index (χ1v) is 7.80. The van der Waals surface area contributed by atoms with Gasteiger partial charge in [-0.3, -0.25) is 4.79 Å². The average molecular weight is 294 g/mol. The largest absolute Gasteiger partial charge is 0.336 e. The van der Waals surface area contributed by atoms with Crippen LogP contribution in [-0.2, 0) is 0 Å². The highest BCUT2D eigenvalue weighted by molar-refractivity contribution is 5.94. The Morgan fingerprint density at radius 2 is 1.73 bits per heavy atom. The Balaban J connectivity index is 1.79. The summed E-state index contributed by atoms with van der Waals surface area (Å²) >= 11 is 0. The molecule has 1 fully saturated rings. The van der Waals surface area contributed by atoms with Gasteiger partial charge in [0.25, 0.3) is 5.91 Å². The second-order valence-electron chi connectivity index (χ2n) is 6.18. The normalized spacial score (nSPS) is 21.6.